The largest absolute Gasteiger partial charge is 0.394 e. The average Bonchev–Trinajstić information content (AvgIpc) is 3.47. The van der Waals surface area contributed by atoms with Gasteiger partial charge in [-0.2, -0.15) is 0 Å². The van der Waals surface area contributed by atoms with E-state index in [1.807, 2.05) is 18.2 Å². The minimum absolute atomic E-state index is 0.00621. The van der Waals surface area contributed by atoms with Crippen LogP contribution in [0.1, 0.15) is 11.9 Å². The van der Waals surface area contributed by atoms with Crippen LogP contribution in [0, 0.1) is 0 Å². The maximum absolute atomic E-state index is 11.1. The molecule has 0 radical (unpaired) electrons. The van der Waals surface area contributed by atoms with Gasteiger partial charge in [-0.25, -0.2) is 0 Å². The number of hydrogen-bond donors (Lipinski definition) is 5. The highest BCUT2D eigenvalue weighted by Crippen LogP contribution is 2.38. The summed E-state index contributed by atoms with van der Waals surface area (Å²) < 4.78 is 51.9. The highest BCUT2D eigenvalue weighted by Gasteiger charge is 2.56. The molecule has 1 aromatic rings. The number of fused-ring (bicyclic) bond motifs is 3. The summed E-state index contributed by atoms with van der Waals surface area (Å²) in [6.07, 6.45) is -18.0. The molecule has 6 rings (SSSR count). The van der Waals surface area contributed by atoms with E-state index < -0.39 is 105 Å². The summed E-state index contributed by atoms with van der Waals surface area (Å²) in [5, 5.41) is 57.6. The van der Waals surface area contributed by atoms with Gasteiger partial charge in [0.25, 0.3) is 0 Å². The van der Waals surface area contributed by atoms with E-state index in [4.69, 9.17) is 48.2 Å². The smallest absolute Gasteiger partial charge is 0.187 e. The lowest BCUT2D eigenvalue weighted by Crippen LogP contribution is -2.66. The van der Waals surface area contributed by atoms with Crippen LogP contribution in [-0.2, 0) is 42.6 Å². The summed E-state index contributed by atoms with van der Waals surface area (Å²) in [4.78, 5) is 2.82. The first-order chi connectivity index (χ1) is 20.8. The Morgan fingerprint density at radius 2 is 1.53 bits per heavy atom. The molecule has 5 saturated heterocycles. The second-order valence-electron chi connectivity index (χ2n) is 10.9. The fraction of sp³-hybridized carbons (Fsp3) is 0.769. The molecule has 0 aromatic heterocycles. The molecule has 17 heteroatoms. The molecular weight excluding hydrogens is 578 g/mol. The number of hydrogen-bond acceptors (Lipinski definition) is 15. The zero-order valence-corrected chi connectivity index (χ0v) is 23.0. The van der Waals surface area contributed by atoms with Crippen LogP contribution < -0.4 is 0 Å². The van der Waals surface area contributed by atoms with E-state index in [2.05, 4.69) is 10.0 Å². The van der Waals surface area contributed by atoms with Gasteiger partial charge < -0.3 is 68.2 Å². The Labute approximate surface area is 245 Å². The predicted molar refractivity (Wildman–Crippen MR) is 137 cm³/mol. The van der Waals surface area contributed by atoms with Gasteiger partial charge in [0.1, 0.15) is 67.1 Å². The molecule has 16 atom stereocenters. The van der Waals surface area contributed by atoms with Crippen molar-refractivity contribution in [2.75, 3.05) is 26.9 Å². The first-order valence-corrected chi connectivity index (χ1v) is 14.0. The fourth-order valence-corrected chi connectivity index (χ4v) is 6.08. The molecule has 2 bridgehead atoms. The first-order valence-electron chi connectivity index (χ1n) is 14.0. The standard InChI is InChI=1S/C26H35N3O14/c1-35-22-14(28-29-27)24-37-9-13(39-24)21(22)43-25-17(33)15(31)19(11(7-30)38-25)42-26-18(34)16(32)20-12(40-26)8-36-23(41-20)10-5-3-2-4-6-10/h2-6,11-26,30-34H,7-9H2,1H3/t11-,12-,13?,14-,15?,16?,17?,18?,19+,20+,21-,22?,23?,24+,25-,26+/m0/s1. The molecule has 0 amide bonds. The normalized spacial score (nSPS) is 47.9. The summed E-state index contributed by atoms with van der Waals surface area (Å²) in [5.41, 5.74) is 9.71. The van der Waals surface area contributed by atoms with Gasteiger partial charge in [0.05, 0.1) is 25.9 Å². The molecule has 5 aliphatic heterocycles. The van der Waals surface area contributed by atoms with Crippen LogP contribution in [0.4, 0.5) is 0 Å². The van der Waals surface area contributed by atoms with Gasteiger partial charge in [-0.05, 0) is 5.53 Å². The lowest BCUT2D eigenvalue weighted by Gasteiger charge is -2.49. The van der Waals surface area contributed by atoms with E-state index in [0.29, 0.717) is 0 Å². The third kappa shape index (κ3) is 5.88. The van der Waals surface area contributed by atoms with Gasteiger partial charge in [-0.1, -0.05) is 35.4 Å². The Kier molecular flexibility index (Phi) is 9.46. The molecule has 5 fully saturated rings. The highest BCUT2D eigenvalue weighted by molar-refractivity contribution is 5.16. The van der Waals surface area contributed by atoms with Crippen molar-refractivity contribution in [3.8, 4) is 0 Å². The summed E-state index contributed by atoms with van der Waals surface area (Å²) in [6, 6.07) is 8.19. The topological polar surface area (TPSA) is 233 Å². The van der Waals surface area contributed by atoms with E-state index in [-0.39, 0.29) is 13.2 Å². The molecule has 0 spiro atoms. The van der Waals surface area contributed by atoms with Crippen molar-refractivity contribution in [1.82, 2.24) is 0 Å². The Morgan fingerprint density at radius 1 is 0.837 bits per heavy atom. The van der Waals surface area contributed by atoms with Crippen LogP contribution in [0.2, 0.25) is 0 Å². The maximum atomic E-state index is 11.1. The van der Waals surface area contributed by atoms with Crippen LogP contribution in [0.3, 0.4) is 0 Å². The van der Waals surface area contributed by atoms with Gasteiger partial charge in [-0.3, -0.25) is 0 Å². The number of ether oxygens (including phenoxy) is 9. The maximum Gasteiger partial charge on any atom is 0.187 e. The van der Waals surface area contributed by atoms with E-state index in [1.165, 1.54) is 7.11 Å². The van der Waals surface area contributed by atoms with Crippen LogP contribution in [0.15, 0.2) is 35.4 Å². The van der Waals surface area contributed by atoms with Gasteiger partial charge in [0, 0.05) is 17.6 Å². The number of nitrogens with zero attached hydrogens (tertiary/aromatic N) is 3. The Hall–Kier alpha value is -2.03. The molecule has 5 heterocycles. The van der Waals surface area contributed by atoms with Crippen molar-refractivity contribution in [3.05, 3.63) is 46.3 Å². The second-order valence-corrected chi connectivity index (χ2v) is 10.9. The average molecular weight is 614 g/mol. The lowest BCUT2D eigenvalue weighted by molar-refractivity contribution is -0.389. The van der Waals surface area contributed by atoms with Crippen LogP contribution in [0.25, 0.3) is 10.4 Å². The Balaban J connectivity index is 1.11. The molecule has 1 aromatic carbocycles. The summed E-state index contributed by atoms with van der Waals surface area (Å²) in [5.74, 6) is 0. The number of rotatable bonds is 8. The fourth-order valence-electron chi connectivity index (χ4n) is 6.08. The van der Waals surface area contributed by atoms with Gasteiger partial charge in [0.2, 0.25) is 0 Å². The predicted octanol–water partition coefficient (Wildman–Crippen LogP) is -1.79. The SMILES string of the molecule is COC1[C@@H](O[C@@H]2O[C@@H](CO)[C@@H](O[C@H]3O[C@H]4COC(c5ccccc5)O[C@H]4C(O)C3O)C(O)C2O)C2CO[C@H](O2)[C@H]1N=[N+]=[N-]. The summed E-state index contributed by atoms with van der Waals surface area (Å²) in [7, 11) is 1.39. The summed E-state index contributed by atoms with van der Waals surface area (Å²) in [6.45, 7) is -0.581. The van der Waals surface area contributed by atoms with Crippen molar-refractivity contribution in [2.45, 2.75) is 98.3 Å². The highest BCUT2D eigenvalue weighted by atomic mass is 16.8. The number of benzene rings is 1. The first kappa shape index (κ1) is 31.0. The summed E-state index contributed by atoms with van der Waals surface area (Å²) >= 11 is 0. The Morgan fingerprint density at radius 3 is 2.26 bits per heavy atom. The molecule has 0 aliphatic carbocycles. The van der Waals surface area contributed by atoms with Crippen LogP contribution >= 0.6 is 0 Å². The molecule has 5 aliphatic rings. The lowest BCUT2D eigenvalue weighted by atomic mass is 9.95. The zero-order chi connectivity index (χ0) is 30.2. The number of aliphatic hydroxyl groups is 5. The van der Waals surface area contributed by atoms with E-state index in [0.717, 1.165) is 5.56 Å². The molecule has 43 heavy (non-hydrogen) atoms. The molecule has 0 saturated carbocycles. The van der Waals surface area contributed by atoms with Gasteiger partial charge in [-0.15, -0.1) is 0 Å². The Bertz CT molecular complexity index is 1130. The minimum atomic E-state index is -1.71. The van der Waals surface area contributed by atoms with Gasteiger partial charge in [0.15, 0.2) is 25.2 Å². The van der Waals surface area contributed by atoms with E-state index in [1.54, 1.807) is 12.1 Å². The number of aliphatic hydroxyl groups excluding tert-OH is 5. The van der Waals surface area contributed by atoms with Crippen molar-refractivity contribution in [2.24, 2.45) is 5.11 Å². The van der Waals surface area contributed by atoms with Crippen molar-refractivity contribution in [1.29, 1.82) is 0 Å². The minimum Gasteiger partial charge on any atom is -0.394 e. The zero-order valence-electron chi connectivity index (χ0n) is 23.0. The van der Waals surface area contributed by atoms with Crippen molar-refractivity contribution in [3.63, 3.8) is 0 Å². The third-order valence-electron chi connectivity index (χ3n) is 8.30. The molecule has 238 valence electrons. The molecule has 7 unspecified atom stereocenters. The van der Waals surface area contributed by atoms with Crippen molar-refractivity contribution < 1.29 is 68.2 Å². The number of methoxy groups -OCH3 is 1. The van der Waals surface area contributed by atoms with Crippen molar-refractivity contribution >= 4 is 0 Å². The van der Waals surface area contributed by atoms with E-state index in [9.17, 15) is 25.5 Å². The quantitative estimate of drug-likeness (QED) is 0.124. The van der Waals surface area contributed by atoms with Crippen LogP contribution in [0.5, 0.6) is 0 Å². The monoisotopic (exact) mass is 613 g/mol. The van der Waals surface area contributed by atoms with Crippen LogP contribution in [-0.4, -0.2) is 145 Å². The molecule has 5 N–H and O–H groups in total. The van der Waals surface area contributed by atoms with E-state index >= 15 is 0 Å². The molecular formula is C26H35N3O14. The van der Waals surface area contributed by atoms with Gasteiger partial charge >= 0.3 is 0 Å². The number of azide groups is 1. The molecule has 17 nitrogen and oxygen atoms in total. The third-order valence-corrected chi connectivity index (χ3v) is 8.30. The second kappa shape index (κ2) is 13.1.